The van der Waals surface area contributed by atoms with E-state index in [2.05, 4.69) is 22.3 Å². The third-order valence-electron chi connectivity index (χ3n) is 5.77. The van der Waals surface area contributed by atoms with Crippen molar-refractivity contribution in [2.45, 2.75) is 25.4 Å². The van der Waals surface area contributed by atoms with E-state index in [0.717, 1.165) is 16.8 Å². The fraction of sp³-hybridized carbons (Fsp3) is 0.160. The maximum Gasteiger partial charge on any atom is 0.326 e. The second-order valence-corrected chi connectivity index (χ2v) is 10.4. The summed E-state index contributed by atoms with van der Waals surface area (Å²) < 4.78 is 27.7. The number of allylic oxidation sites excluding steroid dienone is 3. The van der Waals surface area contributed by atoms with Crippen LogP contribution in [0.2, 0.25) is 0 Å². The summed E-state index contributed by atoms with van der Waals surface area (Å²) in [5, 5.41) is 10.1. The molecule has 0 fully saturated rings. The molecule has 0 atom stereocenters. The normalized spacial score (nSPS) is 14.3. The Morgan fingerprint density at radius 2 is 1.83 bits per heavy atom. The molecule has 0 saturated carbocycles. The first kappa shape index (κ1) is 22.6. The highest BCUT2D eigenvalue weighted by atomic mass is 32.2. The van der Waals surface area contributed by atoms with Gasteiger partial charge in [0.05, 0.1) is 22.9 Å². The molecule has 0 saturated heterocycles. The molecular formula is C25H24N6O3S. The molecule has 0 unspecified atom stereocenters. The van der Waals surface area contributed by atoms with Gasteiger partial charge >= 0.3 is 6.03 Å². The summed E-state index contributed by atoms with van der Waals surface area (Å²) in [5.41, 5.74) is 4.55. The molecule has 178 valence electrons. The van der Waals surface area contributed by atoms with Gasteiger partial charge in [0, 0.05) is 17.3 Å². The molecule has 5 rings (SSSR count). The molecular weight excluding hydrogens is 464 g/mol. The SMILES string of the molecule is C=C(/C=C\C)n1nc2c(c1NC(=O)Nc1c(-c3ccccc3)nc3c(C)cccn13)CS(=O)(=O)C2. The van der Waals surface area contributed by atoms with Crippen LogP contribution in [0.1, 0.15) is 23.7 Å². The molecule has 4 heterocycles. The lowest BCUT2D eigenvalue weighted by atomic mass is 10.1. The second kappa shape index (κ2) is 8.55. The van der Waals surface area contributed by atoms with Crippen molar-refractivity contribution in [3.05, 3.63) is 84.2 Å². The first-order valence-corrected chi connectivity index (χ1v) is 12.8. The molecule has 0 bridgehead atoms. The smallest absolute Gasteiger partial charge is 0.292 e. The van der Waals surface area contributed by atoms with Gasteiger partial charge in [-0.1, -0.05) is 49.1 Å². The number of pyridine rings is 1. The molecule has 3 aromatic heterocycles. The largest absolute Gasteiger partial charge is 0.326 e. The molecule has 9 nitrogen and oxygen atoms in total. The Kier molecular flexibility index (Phi) is 5.52. The van der Waals surface area contributed by atoms with Gasteiger partial charge in [0.1, 0.15) is 23.0 Å². The van der Waals surface area contributed by atoms with E-state index in [4.69, 9.17) is 4.98 Å². The molecule has 1 aliphatic rings. The number of carbonyl (C=O) groups excluding carboxylic acids is 1. The van der Waals surface area contributed by atoms with Gasteiger partial charge in [-0.3, -0.25) is 15.0 Å². The Morgan fingerprint density at radius 1 is 1.09 bits per heavy atom. The van der Waals surface area contributed by atoms with Crippen LogP contribution in [0, 0.1) is 6.92 Å². The number of nitrogens with one attached hydrogen (secondary N) is 2. The molecule has 4 aromatic rings. The highest BCUT2D eigenvalue weighted by Crippen LogP contribution is 2.34. The molecule has 35 heavy (non-hydrogen) atoms. The van der Waals surface area contributed by atoms with E-state index in [1.54, 1.807) is 12.2 Å². The molecule has 0 aliphatic carbocycles. The zero-order valence-electron chi connectivity index (χ0n) is 19.3. The predicted molar refractivity (Wildman–Crippen MR) is 137 cm³/mol. The molecule has 2 N–H and O–H groups in total. The number of rotatable bonds is 5. The number of aryl methyl sites for hydroxylation is 1. The average molecular weight is 489 g/mol. The Balaban J connectivity index is 1.54. The van der Waals surface area contributed by atoms with Gasteiger partial charge < -0.3 is 0 Å². The van der Waals surface area contributed by atoms with E-state index in [0.29, 0.717) is 28.5 Å². The fourth-order valence-corrected chi connectivity index (χ4v) is 5.70. The van der Waals surface area contributed by atoms with Crippen LogP contribution in [0.5, 0.6) is 0 Å². The number of imidazole rings is 1. The highest BCUT2D eigenvalue weighted by Gasteiger charge is 2.33. The molecule has 2 amide bonds. The van der Waals surface area contributed by atoms with Gasteiger partial charge in [-0.05, 0) is 31.6 Å². The lowest BCUT2D eigenvalue weighted by Crippen LogP contribution is -2.23. The van der Waals surface area contributed by atoms with Gasteiger partial charge in [-0.25, -0.2) is 22.9 Å². The fourth-order valence-electron chi connectivity index (χ4n) is 4.21. The minimum absolute atomic E-state index is 0.167. The Bertz CT molecular complexity index is 1610. The van der Waals surface area contributed by atoms with Crippen molar-refractivity contribution >= 4 is 38.8 Å². The summed E-state index contributed by atoms with van der Waals surface area (Å²) in [5.74, 6) is 0.424. The Labute approximate surface area is 202 Å². The van der Waals surface area contributed by atoms with E-state index in [1.807, 2.05) is 66.9 Å². The van der Waals surface area contributed by atoms with Gasteiger partial charge in [-0.2, -0.15) is 5.10 Å². The standard InChI is InChI=1S/C25H24N6O3S/c1-4-9-17(3)31-23(19-14-35(33,34)15-20(19)29-31)27-25(32)28-24-21(18-11-6-5-7-12-18)26-22-16(2)10-8-13-30(22)24/h4-13H,3,14-15H2,1-2H3,(H2,27,28,32)/b9-4-. The van der Waals surface area contributed by atoms with Crippen LogP contribution in [-0.4, -0.2) is 33.6 Å². The summed E-state index contributed by atoms with van der Waals surface area (Å²) in [4.78, 5) is 18.1. The first-order chi connectivity index (χ1) is 16.8. The van der Waals surface area contributed by atoms with Crippen LogP contribution in [0.4, 0.5) is 16.4 Å². The molecule has 1 aromatic carbocycles. The lowest BCUT2D eigenvalue weighted by molar-refractivity contribution is 0.262. The Morgan fingerprint density at radius 3 is 2.57 bits per heavy atom. The number of hydrogen-bond donors (Lipinski definition) is 2. The molecule has 0 spiro atoms. The zero-order chi connectivity index (χ0) is 24.7. The summed E-state index contributed by atoms with van der Waals surface area (Å²) in [6.45, 7) is 7.78. The van der Waals surface area contributed by atoms with Gasteiger partial charge in [-0.15, -0.1) is 0 Å². The summed E-state index contributed by atoms with van der Waals surface area (Å²) in [6.07, 6.45) is 5.36. The number of aromatic nitrogens is 4. The number of amides is 2. The molecule has 1 aliphatic heterocycles. The number of hydrogen-bond acceptors (Lipinski definition) is 5. The topological polar surface area (TPSA) is 110 Å². The van der Waals surface area contributed by atoms with E-state index in [-0.39, 0.29) is 17.3 Å². The van der Waals surface area contributed by atoms with Crippen molar-refractivity contribution in [3.8, 4) is 11.3 Å². The highest BCUT2D eigenvalue weighted by molar-refractivity contribution is 7.90. The minimum Gasteiger partial charge on any atom is -0.292 e. The molecule has 0 radical (unpaired) electrons. The maximum atomic E-state index is 13.3. The summed E-state index contributed by atoms with van der Waals surface area (Å²) in [7, 11) is -3.31. The van der Waals surface area contributed by atoms with E-state index in [1.165, 1.54) is 4.68 Å². The number of anilines is 2. The average Bonchev–Trinajstić information content (AvgIpc) is 3.44. The predicted octanol–water partition coefficient (Wildman–Crippen LogP) is 4.63. The monoisotopic (exact) mass is 488 g/mol. The Hall–Kier alpha value is -4.18. The number of carbonyl (C=O) groups is 1. The van der Waals surface area contributed by atoms with E-state index < -0.39 is 15.9 Å². The number of benzene rings is 1. The van der Waals surface area contributed by atoms with Crippen molar-refractivity contribution in [2.24, 2.45) is 0 Å². The van der Waals surface area contributed by atoms with Crippen molar-refractivity contribution in [1.82, 2.24) is 19.2 Å². The summed E-state index contributed by atoms with van der Waals surface area (Å²) in [6, 6.07) is 12.9. The third-order valence-corrected chi connectivity index (χ3v) is 7.22. The van der Waals surface area contributed by atoms with E-state index in [9.17, 15) is 13.2 Å². The van der Waals surface area contributed by atoms with Crippen LogP contribution >= 0.6 is 0 Å². The summed E-state index contributed by atoms with van der Waals surface area (Å²) >= 11 is 0. The van der Waals surface area contributed by atoms with Crippen molar-refractivity contribution < 1.29 is 13.2 Å². The first-order valence-electron chi connectivity index (χ1n) is 11.0. The minimum atomic E-state index is -3.31. The second-order valence-electron chi connectivity index (χ2n) is 8.35. The number of fused-ring (bicyclic) bond motifs is 2. The van der Waals surface area contributed by atoms with Gasteiger partial charge in [0.2, 0.25) is 0 Å². The third kappa shape index (κ3) is 4.12. The van der Waals surface area contributed by atoms with Crippen molar-refractivity contribution in [2.75, 3.05) is 10.6 Å². The number of nitrogens with zero attached hydrogens (tertiary/aromatic N) is 4. The van der Waals surface area contributed by atoms with Crippen LogP contribution in [-0.2, 0) is 21.3 Å². The number of sulfone groups is 1. The van der Waals surface area contributed by atoms with Gasteiger partial charge in [0.25, 0.3) is 0 Å². The zero-order valence-corrected chi connectivity index (χ0v) is 20.1. The molecule has 10 heteroatoms. The quantitative estimate of drug-likeness (QED) is 0.398. The van der Waals surface area contributed by atoms with Crippen LogP contribution in [0.25, 0.3) is 22.6 Å². The lowest BCUT2D eigenvalue weighted by Gasteiger charge is -2.13. The van der Waals surface area contributed by atoms with E-state index >= 15 is 0 Å². The van der Waals surface area contributed by atoms with Crippen LogP contribution in [0.15, 0.2) is 67.4 Å². The maximum absolute atomic E-state index is 13.3. The van der Waals surface area contributed by atoms with Crippen LogP contribution in [0.3, 0.4) is 0 Å². The van der Waals surface area contributed by atoms with Crippen molar-refractivity contribution in [3.63, 3.8) is 0 Å². The number of urea groups is 1. The van der Waals surface area contributed by atoms with Gasteiger partial charge in [0.15, 0.2) is 9.84 Å². The van der Waals surface area contributed by atoms with Crippen molar-refractivity contribution in [1.29, 1.82) is 0 Å². The van der Waals surface area contributed by atoms with Crippen LogP contribution < -0.4 is 10.6 Å².